The number of phenolic OH excluding ortho intramolecular Hbond substituents is 1. The van der Waals surface area contributed by atoms with Gasteiger partial charge in [-0.05, 0) is 68.8 Å². The highest BCUT2D eigenvalue weighted by Gasteiger charge is 2.26. The number of phenols is 1. The summed E-state index contributed by atoms with van der Waals surface area (Å²) < 4.78 is 0. The van der Waals surface area contributed by atoms with Gasteiger partial charge in [-0.15, -0.1) is 0 Å². The number of aryl methyl sites for hydroxylation is 1. The van der Waals surface area contributed by atoms with Gasteiger partial charge < -0.3 is 10.0 Å². The quantitative estimate of drug-likeness (QED) is 0.786. The van der Waals surface area contributed by atoms with Gasteiger partial charge in [-0.1, -0.05) is 17.7 Å². The molecule has 1 aliphatic heterocycles. The molecule has 1 aromatic carbocycles. The van der Waals surface area contributed by atoms with Crippen LogP contribution < -0.4 is 0 Å². The number of benzene rings is 1. The summed E-state index contributed by atoms with van der Waals surface area (Å²) in [5.74, 6) is 0.930. The fourth-order valence-corrected chi connectivity index (χ4v) is 3.62. The van der Waals surface area contributed by atoms with Crippen LogP contribution in [0.2, 0.25) is 0 Å². The largest absolute Gasteiger partial charge is 0.508 e. The van der Waals surface area contributed by atoms with Gasteiger partial charge in [0, 0.05) is 19.0 Å². The van der Waals surface area contributed by atoms with E-state index >= 15 is 0 Å². The van der Waals surface area contributed by atoms with Gasteiger partial charge in [-0.25, -0.2) is 0 Å². The maximum Gasteiger partial charge on any atom is 0.118 e. The van der Waals surface area contributed by atoms with Gasteiger partial charge in [0.05, 0.1) is 0 Å². The van der Waals surface area contributed by atoms with E-state index in [0.29, 0.717) is 11.7 Å². The topological polar surface area (TPSA) is 23.5 Å². The summed E-state index contributed by atoms with van der Waals surface area (Å²) in [5.41, 5.74) is 5.39. The SMILES string of the molecule is Cc1cc2c(cc1O)[C@@H](C1=CCCCC1)CN(C)CC2. The van der Waals surface area contributed by atoms with Crippen molar-refractivity contribution in [2.75, 3.05) is 20.1 Å². The van der Waals surface area contributed by atoms with Crippen LogP contribution in [0.15, 0.2) is 23.8 Å². The number of nitrogens with zero attached hydrogens (tertiary/aromatic N) is 1. The molecule has 20 heavy (non-hydrogen) atoms. The first-order valence-electron chi connectivity index (χ1n) is 7.85. The zero-order valence-electron chi connectivity index (χ0n) is 12.7. The lowest BCUT2D eigenvalue weighted by molar-refractivity contribution is 0.333. The maximum absolute atomic E-state index is 10.1. The van der Waals surface area contributed by atoms with Gasteiger partial charge in [0.15, 0.2) is 0 Å². The van der Waals surface area contributed by atoms with Crippen molar-refractivity contribution in [2.45, 2.75) is 44.9 Å². The van der Waals surface area contributed by atoms with Gasteiger partial charge in [0.1, 0.15) is 5.75 Å². The second kappa shape index (κ2) is 5.61. The third-order valence-corrected chi connectivity index (χ3v) is 4.86. The summed E-state index contributed by atoms with van der Waals surface area (Å²) in [4.78, 5) is 2.44. The first-order valence-corrected chi connectivity index (χ1v) is 7.85. The Bertz CT molecular complexity index is 532. The van der Waals surface area contributed by atoms with E-state index in [9.17, 15) is 5.11 Å². The number of rotatable bonds is 1. The summed E-state index contributed by atoms with van der Waals surface area (Å²) >= 11 is 0. The smallest absolute Gasteiger partial charge is 0.118 e. The van der Waals surface area contributed by atoms with Gasteiger partial charge in [0.25, 0.3) is 0 Å². The van der Waals surface area contributed by atoms with Crippen LogP contribution in [-0.2, 0) is 6.42 Å². The number of allylic oxidation sites excluding steroid dienone is 1. The standard InChI is InChI=1S/C18H25NO/c1-13-10-15-8-9-19(2)12-17(16(15)11-18(13)20)14-6-4-3-5-7-14/h6,10-11,17,20H,3-5,7-9,12H2,1-2H3/t17-/m1/s1. The van der Waals surface area contributed by atoms with Crippen molar-refractivity contribution in [3.63, 3.8) is 0 Å². The molecule has 0 spiro atoms. The van der Waals surface area contributed by atoms with Crippen LogP contribution in [-0.4, -0.2) is 30.1 Å². The monoisotopic (exact) mass is 271 g/mol. The summed E-state index contributed by atoms with van der Waals surface area (Å²) in [6.07, 6.45) is 8.65. The molecule has 108 valence electrons. The molecular formula is C18H25NO. The van der Waals surface area contributed by atoms with E-state index in [-0.39, 0.29) is 0 Å². The molecule has 1 heterocycles. The van der Waals surface area contributed by atoms with Crippen LogP contribution in [0.4, 0.5) is 0 Å². The molecular weight excluding hydrogens is 246 g/mol. The molecule has 1 N–H and O–H groups in total. The van der Waals surface area contributed by atoms with Gasteiger partial charge in [-0.2, -0.15) is 0 Å². The number of hydrogen-bond donors (Lipinski definition) is 1. The van der Waals surface area contributed by atoms with Gasteiger partial charge >= 0.3 is 0 Å². The third-order valence-electron chi connectivity index (χ3n) is 4.86. The summed E-state index contributed by atoms with van der Waals surface area (Å²) in [6.45, 7) is 4.20. The molecule has 2 aliphatic rings. The van der Waals surface area contributed by atoms with Gasteiger partial charge in [-0.3, -0.25) is 0 Å². The molecule has 1 aromatic rings. The molecule has 1 aliphatic carbocycles. The molecule has 3 rings (SSSR count). The molecule has 0 bridgehead atoms. The minimum absolute atomic E-state index is 0.453. The van der Waals surface area contributed by atoms with E-state index in [0.717, 1.165) is 25.1 Å². The zero-order chi connectivity index (χ0) is 14.1. The molecule has 0 saturated heterocycles. The summed E-state index contributed by atoms with van der Waals surface area (Å²) in [7, 11) is 2.22. The lowest BCUT2D eigenvalue weighted by Crippen LogP contribution is -2.25. The Morgan fingerprint density at radius 2 is 2.05 bits per heavy atom. The number of fused-ring (bicyclic) bond motifs is 1. The van der Waals surface area contributed by atoms with Crippen LogP contribution >= 0.6 is 0 Å². The van der Waals surface area contributed by atoms with Crippen molar-refractivity contribution in [1.29, 1.82) is 0 Å². The van der Waals surface area contributed by atoms with E-state index < -0.39 is 0 Å². The molecule has 0 amide bonds. The van der Waals surface area contributed by atoms with Crippen LogP contribution in [0.5, 0.6) is 5.75 Å². The normalized spacial score (nSPS) is 23.9. The van der Waals surface area contributed by atoms with Crippen molar-refractivity contribution in [3.8, 4) is 5.75 Å². The van der Waals surface area contributed by atoms with Gasteiger partial charge in [0.2, 0.25) is 0 Å². The Morgan fingerprint density at radius 3 is 2.80 bits per heavy atom. The van der Waals surface area contributed by atoms with Crippen molar-refractivity contribution in [3.05, 3.63) is 40.5 Å². The first kappa shape index (κ1) is 13.7. The number of hydrogen-bond acceptors (Lipinski definition) is 2. The predicted octanol–water partition coefficient (Wildman–Crippen LogP) is 3.77. The minimum Gasteiger partial charge on any atom is -0.508 e. The highest BCUT2D eigenvalue weighted by molar-refractivity contribution is 5.46. The van der Waals surface area contributed by atoms with E-state index in [4.69, 9.17) is 0 Å². The van der Waals surface area contributed by atoms with E-state index in [1.807, 2.05) is 13.0 Å². The first-order chi connectivity index (χ1) is 9.65. The lowest BCUT2D eigenvalue weighted by Gasteiger charge is -2.26. The Morgan fingerprint density at radius 1 is 1.20 bits per heavy atom. The zero-order valence-corrected chi connectivity index (χ0v) is 12.7. The van der Waals surface area contributed by atoms with Crippen LogP contribution in [0.3, 0.4) is 0 Å². The molecule has 2 nitrogen and oxygen atoms in total. The Balaban J connectivity index is 2.04. The number of aromatic hydroxyl groups is 1. The average molecular weight is 271 g/mol. The van der Waals surface area contributed by atoms with Crippen LogP contribution in [0, 0.1) is 6.92 Å². The molecule has 0 fully saturated rings. The highest BCUT2D eigenvalue weighted by atomic mass is 16.3. The van der Waals surface area contributed by atoms with Crippen molar-refractivity contribution < 1.29 is 5.11 Å². The number of likely N-dealkylation sites (N-methyl/N-ethyl adjacent to an activating group) is 1. The van der Waals surface area contributed by atoms with E-state index in [1.165, 1.54) is 36.8 Å². The molecule has 0 unspecified atom stereocenters. The van der Waals surface area contributed by atoms with Crippen molar-refractivity contribution in [1.82, 2.24) is 4.90 Å². The second-order valence-corrected chi connectivity index (χ2v) is 6.43. The van der Waals surface area contributed by atoms with E-state index in [1.54, 1.807) is 5.57 Å². The molecule has 2 heteroatoms. The highest BCUT2D eigenvalue weighted by Crippen LogP contribution is 2.38. The average Bonchev–Trinajstić information content (AvgIpc) is 2.61. The second-order valence-electron chi connectivity index (χ2n) is 6.43. The third kappa shape index (κ3) is 2.62. The molecule has 0 radical (unpaired) electrons. The predicted molar refractivity (Wildman–Crippen MR) is 83.3 cm³/mol. The molecule has 0 saturated carbocycles. The summed E-state index contributed by atoms with van der Waals surface area (Å²) in [6, 6.07) is 4.23. The van der Waals surface area contributed by atoms with E-state index in [2.05, 4.69) is 24.1 Å². The molecule has 0 aromatic heterocycles. The Hall–Kier alpha value is -1.28. The van der Waals surface area contributed by atoms with Crippen LogP contribution in [0.1, 0.15) is 48.3 Å². The summed E-state index contributed by atoms with van der Waals surface area (Å²) in [5, 5.41) is 10.1. The fourth-order valence-electron chi connectivity index (χ4n) is 3.62. The van der Waals surface area contributed by atoms with Crippen molar-refractivity contribution >= 4 is 0 Å². The fraction of sp³-hybridized carbons (Fsp3) is 0.556. The Labute approximate surface area is 122 Å². The van der Waals surface area contributed by atoms with Crippen LogP contribution in [0.25, 0.3) is 0 Å². The minimum atomic E-state index is 0.453. The lowest BCUT2D eigenvalue weighted by atomic mass is 9.82. The maximum atomic E-state index is 10.1. The molecule has 1 atom stereocenters. The van der Waals surface area contributed by atoms with Crippen molar-refractivity contribution in [2.24, 2.45) is 0 Å². The Kier molecular flexibility index (Phi) is 3.84.